The average molecular weight is 289 g/mol. The van der Waals surface area contributed by atoms with Crippen LogP contribution in [0.25, 0.3) is 0 Å². The minimum absolute atomic E-state index is 0.0717. The lowest BCUT2D eigenvalue weighted by molar-refractivity contribution is 0.0399. The fourth-order valence-electron chi connectivity index (χ4n) is 3.90. The van der Waals surface area contributed by atoms with E-state index in [-0.39, 0.29) is 11.4 Å². The molecule has 1 amide bonds. The zero-order chi connectivity index (χ0) is 14.4. The summed E-state index contributed by atoms with van der Waals surface area (Å²) in [4.78, 5) is 17.3. The molecule has 3 aliphatic rings. The van der Waals surface area contributed by atoms with Gasteiger partial charge in [-0.3, -0.25) is 4.79 Å². The summed E-state index contributed by atoms with van der Waals surface area (Å²) >= 11 is 0. The first-order valence-corrected chi connectivity index (χ1v) is 8.15. The van der Waals surface area contributed by atoms with Gasteiger partial charge in [0.15, 0.2) is 5.69 Å². The Hall–Kier alpha value is -1.36. The zero-order valence-electron chi connectivity index (χ0n) is 12.7. The Morgan fingerprint density at radius 3 is 2.76 bits per heavy atom. The topological polar surface area (TPSA) is 49.6 Å². The van der Waals surface area contributed by atoms with E-state index in [2.05, 4.69) is 22.0 Å². The summed E-state index contributed by atoms with van der Waals surface area (Å²) in [7, 11) is 2.16. The third-order valence-corrected chi connectivity index (χ3v) is 5.49. The van der Waals surface area contributed by atoms with Gasteiger partial charge in [0.05, 0.1) is 0 Å². The molecule has 0 radical (unpaired) electrons. The van der Waals surface area contributed by atoms with E-state index in [0.29, 0.717) is 11.6 Å². The Balaban J connectivity index is 1.54. The summed E-state index contributed by atoms with van der Waals surface area (Å²) in [6.07, 6.45) is 6.76. The molecular weight excluding hydrogens is 266 g/mol. The Morgan fingerprint density at radius 1 is 1.29 bits per heavy atom. The number of nitrogens with zero attached hydrogens (tertiary/aromatic N) is 3. The number of hydrogen-bond acceptors (Lipinski definition) is 4. The predicted octanol–water partition coefficient (Wildman–Crippen LogP) is 2.25. The average Bonchev–Trinajstić information content (AvgIpc) is 3.09. The highest BCUT2D eigenvalue weighted by Crippen LogP contribution is 2.41. The van der Waals surface area contributed by atoms with Crippen LogP contribution in [0.3, 0.4) is 0 Å². The van der Waals surface area contributed by atoms with Gasteiger partial charge in [0.25, 0.3) is 5.91 Å². The monoisotopic (exact) mass is 289 g/mol. The Kier molecular flexibility index (Phi) is 3.06. The van der Waals surface area contributed by atoms with E-state index < -0.39 is 0 Å². The molecule has 1 aliphatic carbocycles. The van der Waals surface area contributed by atoms with Crippen LogP contribution in [0.2, 0.25) is 0 Å². The first kappa shape index (κ1) is 13.3. The summed E-state index contributed by atoms with van der Waals surface area (Å²) in [6.45, 7) is 3.03. The highest BCUT2D eigenvalue weighted by Gasteiger charge is 2.45. The second-order valence-electron chi connectivity index (χ2n) is 6.98. The number of aromatic nitrogens is 1. The molecule has 1 aromatic heterocycles. The van der Waals surface area contributed by atoms with Gasteiger partial charge in [0.2, 0.25) is 0 Å². The van der Waals surface area contributed by atoms with Gasteiger partial charge in [-0.1, -0.05) is 5.16 Å². The fraction of sp³-hybridized carbons (Fsp3) is 0.750. The lowest BCUT2D eigenvalue weighted by Crippen LogP contribution is -2.53. The molecule has 5 heteroatoms. The van der Waals surface area contributed by atoms with Crippen molar-refractivity contribution in [2.45, 2.75) is 50.0 Å². The first-order chi connectivity index (χ1) is 10.2. The molecule has 2 saturated heterocycles. The second-order valence-corrected chi connectivity index (χ2v) is 6.98. The largest absolute Gasteiger partial charge is 0.360 e. The lowest BCUT2D eigenvalue weighted by atomic mass is 9.85. The van der Waals surface area contributed by atoms with Crippen molar-refractivity contribution in [1.82, 2.24) is 15.0 Å². The molecule has 0 aromatic carbocycles. The van der Waals surface area contributed by atoms with E-state index in [1.54, 1.807) is 0 Å². The molecule has 0 unspecified atom stereocenters. The third-order valence-electron chi connectivity index (χ3n) is 5.49. The molecule has 1 aromatic rings. The smallest absolute Gasteiger partial charge is 0.276 e. The molecule has 2 aliphatic heterocycles. The molecule has 1 saturated carbocycles. The highest BCUT2D eigenvalue weighted by molar-refractivity contribution is 5.93. The van der Waals surface area contributed by atoms with Crippen LogP contribution in [-0.4, -0.2) is 53.1 Å². The van der Waals surface area contributed by atoms with Crippen molar-refractivity contribution in [3.8, 4) is 0 Å². The van der Waals surface area contributed by atoms with Crippen molar-refractivity contribution in [3.63, 3.8) is 0 Å². The summed E-state index contributed by atoms with van der Waals surface area (Å²) < 4.78 is 5.36. The standard InChI is InChI=1S/C16H23N3O2/c1-18-9-6-16(7-10-18)5-2-8-19(16)15(20)13-11-14(21-17-13)12-3-4-12/h11-12H,2-10H2,1H3. The molecule has 4 rings (SSSR count). The van der Waals surface area contributed by atoms with Gasteiger partial charge in [-0.25, -0.2) is 0 Å². The SMILES string of the molecule is CN1CCC2(CCCN2C(=O)c2cc(C3CC3)on2)CC1. The number of hydrogen-bond donors (Lipinski definition) is 0. The molecular formula is C16H23N3O2. The number of rotatable bonds is 2. The van der Waals surface area contributed by atoms with Crippen molar-refractivity contribution in [2.75, 3.05) is 26.7 Å². The van der Waals surface area contributed by atoms with Crippen molar-refractivity contribution < 1.29 is 9.32 Å². The maximum absolute atomic E-state index is 12.8. The molecule has 0 atom stereocenters. The molecule has 1 spiro atoms. The molecule has 0 N–H and O–H groups in total. The van der Waals surface area contributed by atoms with E-state index in [9.17, 15) is 4.79 Å². The van der Waals surface area contributed by atoms with Gasteiger partial charge in [0.1, 0.15) is 5.76 Å². The van der Waals surface area contributed by atoms with Crippen LogP contribution in [0.5, 0.6) is 0 Å². The van der Waals surface area contributed by atoms with Gasteiger partial charge < -0.3 is 14.3 Å². The Labute approximate surface area is 125 Å². The number of carbonyl (C=O) groups is 1. The number of piperidine rings is 1. The van der Waals surface area contributed by atoms with E-state index in [0.717, 1.165) is 51.1 Å². The summed E-state index contributed by atoms with van der Waals surface area (Å²) in [5, 5.41) is 4.04. The minimum Gasteiger partial charge on any atom is -0.360 e. The maximum Gasteiger partial charge on any atom is 0.276 e. The molecule has 3 heterocycles. The molecule has 5 nitrogen and oxygen atoms in total. The van der Waals surface area contributed by atoms with E-state index in [1.807, 2.05) is 6.07 Å². The predicted molar refractivity (Wildman–Crippen MR) is 78.2 cm³/mol. The normalized spacial score (nSPS) is 25.7. The van der Waals surface area contributed by atoms with Crippen molar-refractivity contribution >= 4 is 5.91 Å². The van der Waals surface area contributed by atoms with Crippen LogP contribution in [0.4, 0.5) is 0 Å². The molecule has 21 heavy (non-hydrogen) atoms. The number of likely N-dealkylation sites (tertiary alicyclic amines) is 2. The van der Waals surface area contributed by atoms with Crippen LogP contribution in [-0.2, 0) is 0 Å². The molecule has 0 bridgehead atoms. The van der Waals surface area contributed by atoms with Crippen molar-refractivity contribution in [1.29, 1.82) is 0 Å². The highest BCUT2D eigenvalue weighted by atomic mass is 16.5. The van der Waals surface area contributed by atoms with Crippen LogP contribution in [0.15, 0.2) is 10.6 Å². The first-order valence-electron chi connectivity index (χ1n) is 8.15. The van der Waals surface area contributed by atoms with E-state index in [1.165, 1.54) is 12.8 Å². The van der Waals surface area contributed by atoms with Gasteiger partial charge in [-0.05, 0) is 45.6 Å². The van der Waals surface area contributed by atoms with Crippen molar-refractivity contribution in [2.24, 2.45) is 0 Å². The lowest BCUT2D eigenvalue weighted by Gasteiger charge is -2.43. The van der Waals surface area contributed by atoms with E-state index in [4.69, 9.17) is 4.52 Å². The number of carbonyl (C=O) groups excluding carboxylic acids is 1. The Morgan fingerprint density at radius 2 is 2.05 bits per heavy atom. The van der Waals surface area contributed by atoms with Crippen LogP contribution >= 0.6 is 0 Å². The Bertz CT molecular complexity index is 541. The van der Waals surface area contributed by atoms with Crippen LogP contribution < -0.4 is 0 Å². The van der Waals surface area contributed by atoms with Gasteiger partial charge in [-0.2, -0.15) is 0 Å². The second kappa shape index (κ2) is 4.83. The summed E-state index contributed by atoms with van der Waals surface area (Å²) in [6, 6.07) is 1.88. The third kappa shape index (κ3) is 2.27. The quantitative estimate of drug-likeness (QED) is 0.838. The minimum atomic E-state index is 0.0717. The van der Waals surface area contributed by atoms with E-state index >= 15 is 0 Å². The number of amides is 1. The van der Waals surface area contributed by atoms with Crippen LogP contribution in [0, 0.1) is 0 Å². The maximum atomic E-state index is 12.8. The van der Waals surface area contributed by atoms with Crippen LogP contribution in [0.1, 0.15) is 60.7 Å². The molecule has 3 fully saturated rings. The molecule has 114 valence electrons. The van der Waals surface area contributed by atoms with Gasteiger partial charge in [-0.15, -0.1) is 0 Å². The van der Waals surface area contributed by atoms with Gasteiger partial charge in [0, 0.05) is 37.2 Å². The van der Waals surface area contributed by atoms with Crippen molar-refractivity contribution in [3.05, 3.63) is 17.5 Å². The van der Waals surface area contributed by atoms with Gasteiger partial charge >= 0.3 is 0 Å². The zero-order valence-corrected chi connectivity index (χ0v) is 12.7. The summed E-state index contributed by atoms with van der Waals surface area (Å²) in [5.74, 6) is 1.48. The fourth-order valence-corrected chi connectivity index (χ4v) is 3.90. The summed E-state index contributed by atoms with van der Waals surface area (Å²) in [5.41, 5.74) is 0.583.